The lowest BCUT2D eigenvalue weighted by molar-refractivity contribution is 0.112. The zero-order valence-corrected chi connectivity index (χ0v) is 6.34. The molecule has 54 valence electrons. The highest BCUT2D eigenvalue weighted by Gasteiger charge is 2.01. The van der Waals surface area contributed by atoms with Gasteiger partial charge in [0.1, 0.15) is 0 Å². The Morgan fingerprint density at radius 2 is 2.36 bits per heavy atom. The molecule has 0 aromatic carbocycles. The molecule has 0 N–H and O–H groups in total. The van der Waals surface area contributed by atoms with E-state index in [9.17, 15) is 4.79 Å². The highest BCUT2D eigenvalue weighted by Crippen LogP contribution is 2.17. The first-order valence-corrected chi connectivity index (χ1v) is 3.93. The fraction of sp³-hybridized carbons (Fsp3) is 0. The van der Waals surface area contributed by atoms with Crippen LogP contribution in [0.5, 0.6) is 0 Å². The predicted octanol–water partition coefficient (Wildman–Crippen LogP) is 1.50. The van der Waals surface area contributed by atoms with E-state index in [1.54, 1.807) is 17.8 Å². The van der Waals surface area contributed by atoms with Crippen LogP contribution in [0.25, 0.3) is 10.3 Å². The number of aldehydes is 1. The highest BCUT2D eigenvalue weighted by atomic mass is 32.1. The average Bonchev–Trinajstić information content (AvgIpc) is 2.50. The molecule has 2 aromatic rings. The molecule has 3 nitrogen and oxygen atoms in total. The number of aromatic nitrogens is 2. The lowest BCUT2D eigenvalue weighted by Crippen LogP contribution is -1.81. The Bertz CT molecular complexity index is 396. The summed E-state index contributed by atoms with van der Waals surface area (Å²) < 4.78 is 0.863. The fourth-order valence-corrected chi connectivity index (χ4v) is 1.61. The maximum atomic E-state index is 10.5. The van der Waals surface area contributed by atoms with Crippen molar-refractivity contribution in [2.45, 2.75) is 0 Å². The first kappa shape index (κ1) is 6.42. The highest BCUT2D eigenvalue weighted by molar-refractivity contribution is 7.17. The number of rotatable bonds is 1. The first-order valence-electron chi connectivity index (χ1n) is 3.05. The number of hydrogen-bond donors (Lipinski definition) is 0. The first-order chi connectivity index (χ1) is 5.42. The van der Waals surface area contributed by atoms with Gasteiger partial charge in [0.15, 0.2) is 11.9 Å². The summed E-state index contributed by atoms with van der Waals surface area (Å²) in [7, 11) is 0. The SMILES string of the molecule is O=Cc1ccnc2ncsc12. The molecule has 0 radical (unpaired) electrons. The van der Waals surface area contributed by atoms with Gasteiger partial charge in [-0.25, -0.2) is 9.97 Å². The maximum Gasteiger partial charge on any atom is 0.170 e. The summed E-state index contributed by atoms with van der Waals surface area (Å²) >= 11 is 1.43. The van der Waals surface area contributed by atoms with Crippen molar-refractivity contribution in [1.82, 2.24) is 9.97 Å². The van der Waals surface area contributed by atoms with Gasteiger partial charge in [-0.15, -0.1) is 11.3 Å². The number of thiazole rings is 1. The van der Waals surface area contributed by atoms with Crippen LogP contribution in [0.3, 0.4) is 0 Å². The molecule has 0 aliphatic heterocycles. The molecule has 0 aliphatic rings. The third-order valence-electron chi connectivity index (χ3n) is 1.39. The Morgan fingerprint density at radius 1 is 1.45 bits per heavy atom. The zero-order chi connectivity index (χ0) is 7.68. The van der Waals surface area contributed by atoms with Crippen LogP contribution in [0, 0.1) is 0 Å². The van der Waals surface area contributed by atoms with Crippen LogP contribution in [0.1, 0.15) is 10.4 Å². The monoisotopic (exact) mass is 164 g/mol. The van der Waals surface area contributed by atoms with Crippen molar-refractivity contribution >= 4 is 28.0 Å². The molecule has 0 spiro atoms. The van der Waals surface area contributed by atoms with Crippen molar-refractivity contribution in [1.29, 1.82) is 0 Å². The Morgan fingerprint density at radius 3 is 3.18 bits per heavy atom. The van der Waals surface area contributed by atoms with E-state index in [1.807, 2.05) is 0 Å². The second-order valence-corrected chi connectivity index (χ2v) is 2.88. The summed E-state index contributed by atoms with van der Waals surface area (Å²) in [6, 6.07) is 1.69. The van der Waals surface area contributed by atoms with Crippen molar-refractivity contribution in [2.75, 3.05) is 0 Å². The van der Waals surface area contributed by atoms with Gasteiger partial charge < -0.3 is 0 Å². The van der Waals surface area contributed by atoms with Gasteiger partial charge in [-0.05, 0) is 6.07 Å². The molecule has 0 bridgehead atoms. The molecular formula is C7H4N2OS. The van der Waals surface area contributed by atoms with Crippen LogP contribution in [-0.4, -0.2) is 16.3 Å². The quantitative estimate of drug-likeness (QED) is 0.600. The van der Waals surface area contributed by atoms with E-state index in [-0.39, 0.29) is 0 Å². The summed E-state index contributed by atoms with van der Waals surface area (Å²) in [6.45, 7) is 0. The second-order valence-electron chi connectivity index (χ2n) is 2.02. The zero-order valence-electron chi connectivity index (χ0n) is 5.52. The number of carbonyl (C=O) groups excluding carboxylic acids is 1. The Balaban J connectivity index is 2.88. The molecule has 0 saturated heterocycles. The third-order valence-corrected chi connectivity index (χ3v) is 2.25. The van der Waals surface area contributed by atoms with Crippen LogP contribution in [-0.2, 0) is 0 Å². The van der Waals surface area contributed by atoms with Crippen molar-refractivity contribution in [3.05, 3.63) is 23.3 Å². The van der Waals surface area contributed by atoms with E-state index >= 15 is 0 Å². The van der Waals surface area contributed by atoms with E-state index in [4.69, 9.17) is 0 Å². The smallest absolute Gasteiger partial charge is 0.170 e. The van der Waals surface area contributed by atoms with E-state index in [0.717, 1.165) is 11.0 Å². The predicted molar refractivity (Wildman–Crippen MR) is 42.8 cm³/mol. The standard InChI is InChI=1S/C7H4N2OS/c10-3-5-1-2-8-7-6(5)11-4-9-7/h1-4H. The number of carbonyl (C=O) groups is 1. The van der Waals surface area contributed by atoms with Crippen LogP contribution in [0.2, 0.25) is 0 Å². The van der Waals surface area contributed by atoms with E-state index in [0.29, 0.717) is 11.2 Å². The molecular weight excluding hydrogens is 160 g/mol. The maximum absolute atomic E-state index is 10.5. The van der Waals surface area contributed by atoms with Gasteiger partial charge >= 0.3 is 0 Å². The molecule has 0 aliphatic carbocycles. The molecule has 0 unspecified atom stereocenters. The van der Waals surface area contributed by atoms with Crippen LogP contribution >= 0.6 is 11.3 Å². The Hall–Kier alpha value is -1.29. The molecule has 2 heterocycles. The summed E-state index contributed by atoms with van der Waals surface area (Å²) in [6.07, 6.45) is 2.41. The lowest BCUT2D eigenvalue weighted by atomic mass is 10.3. The summed E-state index contributed by atoms with van der Waals surface area (Å²) in [5, 5.41) is 0. The minimum atomic E-state index is 0.652. The van der Waals surface area contributed by atoms with Crippen molar-refractivity contribution in [3.8, 4) is 0 Å². The number of nitrogens with zero attached hydrogens (tertiary/aromatic N) is 2. The summed E-state index contributed by atoms with van der Waals surface area (Å²) in [5.74, 6) is 0. The van der Waals surface area contributed by atoms with E-state index < -0.39 is 0 Å². The van der Waals surface area contributed by atoms with Gasteiger partial charge in [0.2, 0.25) is 0 Å². The molecule has 0 fully saturated rings. The molecule has 0 saturated carbocycles. The normalized spacial score (nSPS) is 10.2. The Labute approximate surface area is 66.7 Å². The fourth-order valence-electron chi connectivity index (χ4n) is 0.886. The van der Waals surface area contributed by atoms with Gasteiger partial charge in [-0.2, -0.15) is 0 Å². The van der Waals surface area contributed by atoms with E-state index in [2.05, 4.69) is 9.97 Å². The topological polar surface area (TPSA) is 42.9 Å². The van der Waals surface area contributed by atoms with Crippen molar-refractivity contribution < 1.29 is 4.79 Å². The van der Waals surface area contributed by atoms with Gasteiger partial charge in [0.05, 0.1) is 10.2 Å². The van der Waals surface area contributed by atoms with Gasteiger partial charge in [0, 0.05) is 11.8 Å². The van der Waals surface area contributed by atoms with Crippen LogP contribution < -0.4 is 0 Å². The molecule has 2 rings (SSSR count). The molecule has 0 atom stereocenters. The number of hydrogen-bond acceptors (Lipinski definition) is 4. The third kappa shape index (κ3) is 0.914. The minimum Gasteiger partial charge on any atom is -0.298 e. The lowest BCUT2D eigenvalue weighted by Gasteiger charge is -1.88. The summed E-state index contributed by atoms with van der Waals surface area (Å²) in [4.78, 5) is 18.4. The Kier molecular flexibility index (Phi) is 1.40. The average molecular weight is 164 g/mol. The van der Waals surface area contributed by atoms with Gasteiger partial charge in [0.25, 0.3) is 0 Å². The van der Waals surface area contributed by atoms with Crippen LogP contribution in [0.4, 0.5) is 0 Å². The number of fused-ring (bicyclic) bond motifs is 1. The second kappa shape index (κ2) is 2.39. The van der Waals surface area contributed by atoms with Crippen LogP contribution in [0.15, 0.2) is 17.8 Å². The molecule has 11 heavy (non-hydrogen) atoms. The molecule has 0 amide bonds. The summed E-state index contributed by atoms with van der Waals surface area (Å²) in [5.41, 5.74) is 3.00. The minimum absolute atomic E-state index is 0.652. The van der Waals surface area contributed by atoms with Gasteiger partial charge in [-0.3, -0.25) is 4.79 Å². The molecule has 2 aromatic heterocycles. The van der Waals surface area contributed by atoms with Crippen molar-refractivity contribution in [2.24, 2.45) is 0 Å². The van der Waals surface area contributed by atoms with Crippen molar-refractivity contribution in [3.63, 3.8) is 0 Å². The molecule has 4 heteroatoms. The largest absolute Gasteiger partial charge is 0.298 e. The van der Waals surface area contributed by atoms with E-state index in [1.165, 1.54) is 11.3 Å². The van der Waals surface area contributed by atoms with Gasteiger partial charge in [-0.1, -0.05) is 0 Å². The number of pyridine rings is 1.